The van der Waals surface area contributed by atoms with Gasteiger partial charge >= 0.3 is 6.18 Å². The summed E-state index contributed by atoms with van der Waals surface area (Å²) in [6, 6.07) is 4.20. The summed E-state index contributed by atoms with van der Waals surface area (Å²) < 4.78 is 40.2. The van der Waals surface area contributed by atoms with Crippen molar-refractivity contribution in [1.82, 2.24) is 20.3 Å². The normalized spacial score (nSPS) is 21.3. The van der Waals surface area contributed by atoms with Crippen molar-refractivity contribution >= 4 is 34.1 Å². The smallest absolute Gasteiger partial charge is 0.380 e. The van der Waals surface area contributed by atoms with Crippen molar-refractivity contribution in [3.8, 4) is 0 Å². The van der Waals surface area contributed by atoms with Crippen molar-refractivity contribution in [2.45, 2.75) is 43.6 Å². The topological polar surface area (TPSA) is 106 Å². The summed E-state index contributed by atoms with van der Waals surface area (Å²) in [5.74, 6) is -0.354. The Bertz CT molecular complexity index is 1130. The van der Waals surface area contributed by atoms with Crippen LogP contribution in [0.5, 0.6) is 0 Å². The van der Waals surface area contributed by atoms with Gasteiger partial charge in [0.2, 0.25) is 0 Å². The van der Waals surface area contributed by atoms with Crippen molar-refractivity contribution in [2.75, 3.05) is 5.32 Å². The summed E-state index contributed by atoms with van der Waals surface area (Å²) in [5, 5.41) is 6.89. The maximum Gasteiger partial charge on any atom is 0.433 e. The first-order valence-corrected chi connectivity index (χ1v) is 10.4. The lowest BCUT2D eigenvalue weighted by Gasteiger charge is -2.37. The van der Waals surface area contributed by atoms with Gasteiger partial charge in [0.15, 0.2) is 0 Å². The number of amides is 1. The van der Waals surface area contributed by atoms with Crippen molar-refractivity contribution in [3.05, 3.63) is 59.3 Å². The number of hydrogen-bond acceptors (Lipinski definition) is 6. The van der Waals surface area contributed by atoms with Crippen molar-refractivity contribution in [3.63, 3.8) is 0 Å². The van der Waals surface area contributed by atoms with Gasteiger partial charge in [-0.1, -0.05) is 11.6 Å². The number of nitrogens with zero attached hydrogens (tertiary/aromatic N) is 3. The highest BCUT2D eigenvalue weighted by Gasteiger charge is 2.35. The molecule has 11 heteroatoms. The van der Waals surface area contributed by atoms with Gasteiger partial charge in [0.1, 0.15) is 12.0 Å². The molecule has 168 valence electrons. The molecule has 2 aromatic heterocycles. The minimum absolute atomic E-state index is 0.171. The Morgan fingerprint density at radius 2 is 1.84 bits per heavy atom. The predicted octanol–water partition coefficient (Wildman–Crippen LogP) is 3.79. The predicted molar refractivity (Wildman–Crippen MR) is 114 cm³/mol. The second kappa shape index (κ2) is 8.87. The molecule has 32 heavy (non-hydrogen) atoms. The van der Waals surface area contributed by atoms with Crippen LogP contribution in [-0.2, 0) is 6.18 Å². The number of fused-ring (bicyclic) bond motifs is 1. The molecule has 1 aliphatic carbocycles. The Labute approximate surface area is 186 Å². The van der Waals surface area contributed by atoms with E-state index in [-0.39, 0.29) is 29.2 Å². The number of hydrogen-bond donors (Lipinski definition) is 3. The lowest BCUT2D eigenvalue weighted by atomic mass is 9.86. The standard InChI is InChI=1S/C21H20ClF3N6O/c22-12-4-5-14-13(6-12)17(7-18(30-14)21(23,24)25)29-15-2-1-3-16(19(15)26)31-20(32)11-8-27-10-28-9-11/h4-10,15-16,19H,1-3,26H2,(H,29,30)(H,31,32)/t15-,16+,19?/m0/s1. The maximum absolute atomic E-state index is 13.4. The van der Waals surface area contributed by atoms with E-state index in [0.717, 1.165) is 12.5 Å². The van der Waals surface area contributed by atoms with Crippen LogP contribution in [0.25, 0.3) is 10.9 Å². The Morgan fingerprint density at radius 1 is 1.12 bits per heavy atom. The minimum Gasteiger partial charge on any atom is -0.380 e. The molecule has 0 spiro atoms. The van der Waals surface area contributed by atoms with Gasteiger partial charge in [-0.15, -0.1) is 0 Å². The van der Waals surface area contributed by atoms with Crippen molar-refractivity contribution < 1.29 is 18.0 Å². The first-order valence-electron chi connectivity index (χ1n) is 9.98. The number of nitrogens with one attached hydrogen (secondary N) is 2. The van der Waals surface area contributed by atoms with Gasteiger partial charge in [0.05, 0.1) is 11.1 Å². The molecule has 3 aromatic rings. The van der Waals surface area contributed by atoms with Crippen LogP contribution in [0.1, 0.15) is 35.3 Å². The Balaban J connectivity index is 1.59. The number of carbonyl (C=O) groups is 1. The fourth-order valence-corrected chi connectivity index (χ4v) is 4.06. The van der Waals surface area contributed by atoms with Gasteiger partial charge in [0, 0.05) is 46.6 Å². The zero-order valence-corrected chi connectivity index (χ0v) is 17.5. The van der Waals surface area contributed by atoms with Gasteiger partial charge < -0.3 is 16.4 Å². The molecule has 1 unspecified atom stereocenters. The second-order valence-corrected chi connectivity index (χ2v) is 8.12. The lowest BCUT2D eigenvalue weighted by Crippen LogP contribution is -2.57. The molecule has 0 aliphatic heterocycles. The maximum atomic E-state index is 13.4. The van der Waals surface area contributed by atoms with Gasteiger partial charge in [-0.2, -0.15) is 13.2 Å². The molecule has 4 N–H and O–H groups in total. The number of rotatable bonds is 4. The highest BCUT2D eigenvalue weighted by Crippen LogP contribution is 2.35. The van der Waals surface area contributed by atoms with E-state index in [1.807, 2.05) is 0 Å². The Morgan fingerprint density at radius 3 is 2.56 bits per heavy atom. The Kier molecular flexibility index (Phi) is 6.16. The lowest BCUT2D eigenvalue weighted by molar-refractivity contribution is -0.140. The van der Waals surface area contributed by atoms with Gasteiger partial charge in [-0.3, -0.25) is 4.79 Å². The van der Waals surface area contributed by atoms with Crippen LogP contribution in [0.3, 0.4) is 0 Å². The molecular formula is C21H20ClF3N6O. The van der Waals surface area contributed by atoms with Crippen LogP contribution >= 0.6 is 11.6 Å². The largest absolute Gasteiger partial charge is 0.433 e. The number of anilines is 1. The molecule has 1 saturated carbocycles. The fraction of sp³-hybridized carbons (Fsp3) is 0.333. The van der Waals surface area contributed by atoms with E-state index in [1.54, 1.807) is 6.07 Å². The average molecular weight is 465 g/mol. The summed E-state index contributed by atoms with van der Waals surface area (Å²) in [7, 11) is 0. The third-order valence-electron chi connectivity index (χ3n) is 5.50. The molecule has 0 radical (unpaired) electrons. The first kappa shape index (κ1) is 22.2. The van der Waals surface area contributed by atoms with E-state index in [4.69, 9.17) is 17.3 Å². The third-order valence-corrected chi connectivity index (χ3v) is 5.74. The average Bonchev–Trinajstić information content (AvgIpc) is 2.76. The number of aromatic nitrogens is 3. The van der Waals surface area contributed by atoms with E-state index in [2.05, 4.69) is 25.6 Å². The van der Waals surface area contributed by atoms with E-state index >= 15 is 0 Å². The molecule has 1 amide bonds. The number of benzene rings is 1. The van der Waals surface area contributed by atoms with Crippen LogP contribution < -0.4 is 16.4 Å². The van der Waals surface area contributed by atoms with E-state index in [1.165, 1.54) is 30.9 Å². The van der Waals surface area contributed by atoms with E-state index in [9.17, 15) is 18.0 Å². The molecule has 4 rings (SSSR count). The number of pyridine rings is 1. The molecule has 1 aliphatic rings. The molecular weight excluding hydrogens is 445 g/mol. The van der Waals surface area contributed by atoms with Crippen molar-refractivity contribution in [2.24, 2.45) is 5.73 Å². The quantitative estimate of drug-likeness (QED) is 0.542. The molecule has 0 saturated heterocycles. The molecule has 0 bridgehead atoms. The Hall–Kier alpha value is -2.98. The van der Waals surface area contributed by atoms with Crippen molar-refractivity contribution in [1.29, 1.82) is 0 Å². The number of halogens is 4. The molecule has 1 aromatic carbocycles. The van der Waals surface area contributed by atoms with Gasteiger partial charge in [-0.25, -0.2) is 15.0 Å². The van der Waals surface area contributed by atoms with E-state index < -0.39 is 17.9 Å². The SMILES string of the molecule is NC1[C@@H](Nc2cc(C(F)(F)F)nc3ccc(Cl)cc23)CCC[C@H]1NC(=O)c1cncnc1. The third kappa shape index (κ3) is 4.76. The highest BCUT2D eigenvalue weighted by atomic mass is 35.5. The summed E-state index contributed by atoms with van der Waals surface area (Å²) in [4.78, 5) is 23.9. The second-order valence-electron chi connectivity index (χ2n) is 7.68. The summed E-state index contributed by atoms with van der Waals surface area (Å²) in [6.07, 6.45) is 1.54. The van der Waals surface area contributed by atoms with Crippen LogP contribution in [0.4, 0.5) is 18.9 Å². The van der Waals surface area contributed by atoms with Crippen LogP contribution in [0, 0.1) is 0 Å². The molecule has 2 heterocycles. The van der Waals surface area contributed by atoms with Crippen LogP contribution in [0.2, 0.25) is 5.02 Å². The monoisotopic (exact) mass is 464 g/mol. The molecule has 3 atom stereocenters. The fourth-order valence-electron chi connectivity index (χ4n) is 3.89. The summed E-state index contributed by atoms with van der Waals surface area (Å²) in [6.45, 7) is 0. The number of alkyl halides is 3. The number of nitrogens with two attached hydrogens (primary N) is 1. The molecule has 1 fully saturated rings. The first-order chi connectivity index (χ1) is 15.2. The summed E-state index contributed by atoms with van der Waals surface area (Å²) >= 11 is 6.07. The zero-order chi connectivity index (χ0) is 22.9. The van der Waals surface area contributed by atoms with E-state index in [0.29, 0.717) is 28.8 Å². The highest BCUT2D eigenvalue weighted by molar-refractivity contribution is 6.31. The van der Waals surface area contributed by atoms with Crippen LogP contribution in [-0.4, -0.2) is 39.0 Å². The van der Waals surface area contributed by atoms with Gasteiger partial charge in [-0.05, 0) is 43.5 Å². The minimum atomic E-state index is -4.60. The zero-order valence-electron chi connectivity index (χ0n) is 16.7. The number of carbonyl (C=O) groups excluding carboxylic acids is 1. The summed E-state index contributed by atoms with van der Waals surface area (Å²) in [5.41, 5.74) is 6.14. The van der Waals surface area contributed by atoms with Crippen LogP contribution in [0.15, 0.2) is 43.0 Å². The van der Waals surface area contributed by atoms with Gasteiger partial charge in [0.25, 0.3) is 5.91 Å². The molecule has 7 nitrogen and oxygen atoms in total.